The number of thioether (sulfide) groups is 1. The van der Waals surface area contributed by atoms with E-state index in [1.165, 1.54) is 18.2 Å². The van der Waals surface area contributed by atoms with E-state index in [-0.39, 0.29) is 17.8 Å². The number of nitrogens with one attached hydrogen (secondary N) is 1. The van der Waals surface area contributed by atoms with E-state index >= 15 is 0 Å². The maximum Gasteiger partial charge on any atom is 0.308 e. The van der Waals surface area contributed by atoms with Crippen LogP contribution < -0.4 is 5.32 Å². The Bertz CT molecular complexity index is 554. The first kappa shape index (κ1) is 19.8. The number of benzene rings is 1. The minimum absolute atomic E-state index is 0.0116. The molecule has 5 nitrogen and oxygen atoms in total. The molecule has 1 fully saturated rings. The highest BCUT2D eigenvalue weighted by molar-refractivity contribution is 7.98. The Morgan fingerprint density at radius 1 is 1.24 bits per heavy atom. The highest BCUT2D eigenvalue weighted by Gasteiger charge is 2.26. The molecule has 0 radical (unpaired) electrons. The Kier molecular flexibility index (Phi) is 8.28. The third kappa shape index (κ3) is 7.08. The van der Waals surface area contributed by atoms with Gasteiger partial charge in [0.2, 0.25) is 5.91 Å². The third-order valence-electron chi connectivity index (χ3n) is 4.45. The molecular formula is C19H28N2O3S. The van der Waals surface area contributed by atoms with Gasteiger partial charge in [0.25, 0.3) is 0 Å². The molecule has 1 aliphatic heterocycles. The first-order valence-corrected chi connectivity index (χ1v) is 9.94. The molecule has 0 saturated carbocycles. The predicted molar refractivity (Wildman–Crippen MR) is 102 cm³/mol. The number of carbonyl (C=O) groups is 2. The van der Waals surface area contributed by atoms with Crippen molar-refractivity contribution < 1.29 is 14.3 Å². The number of ether oxygens (including phenoxy) is 1. The number of aryl methyl sites for hydroxylation is 1. The Morgan fingerprint density at radius 3 is 2.56 bits per heavy atom. The van der Waals surface area contributed by atoms with Crippen LogP contribution in [-0.4, -0.2) is 55.8 Å². The van der Waals surface area contributed by atoms with Crippen LogP contribution in [0.3, 0.4) is 0 Å². The molecule has 0 atom stereocenters. The monoisotopic (exact) mass is 364 g/mol. The molecule has 0 unspecified atom stereocenters. The molecule has 1 N–H and O–H groups in total. The van der Waals surface area contributed by atoms with Crippen LogP contribution in [0.25, 0.3) is 0 Å². The Hall–Kier alpha value is -1.53. The zero-order valence-electron chi connectivity index (χ0n) is 15.1. The largest absolute Gasteiger partial charge is 0.469 e. The van der Waals surface area contributed by atoms with Gasteiger partial charge in [0, 0.05) is 18.1 Å². The summed E-state index contributed by atoms with van der Waals surface area (Å²) >= 11 is 1.83. The number of hydrogen-bond donors (Lipinski definition) is 1. The lowest BCUT2D eigenvalue weighted by atomic mass is 9.97. The lowest BCUT2D eigenvalue weighted by molar-refractivity contribution is -0.147. The fraction of sp³-hybridized carbons (Fsp3) is 0.579. The van der Waals surface area contributed by atoms with Crippen LogP contribution >= 0.6 is 11.8 Å². The van der Waals surface area contributed by atoms with Gasteiger partial charge < -0.3 is 10.1 Å². The van der Waals surface area contributed by atoms with Gasteiger partial charge >= 0.3 is 5.97 Å². The van der Waals surface area contributed by atoms with Gasteiger partial charge in [-0.2, -0.15) is 11.8 Å². The Morgan fingerprint density at radius 2 is 1.92 bits per heavy atom. The van der Waals surface area contributed by atoms with E-state index < -0.39 is 0 Å². The fourth-order valence-corrected chi connectivity index (χ4v) is 3.71. The summed E-state index contributed by atoms with van der Waals surface area (Å²) in [5.74, 6) is 1.80. The van der Waals surface area contributed by atoms with Crippen molar-refractivity contribution in [2.45, 2.75) is 25.5 Å². The van der Waals surface area contributed by atoms with Crippen LogP contribution in [0.2, 0.25) is 0 Å². The molecule has 1 saturated heterocycles. The van der Waals surface area contributed by atoms with Crippen LogP contribution in [0.4, 0.5) is 0 Å². The molecule has 25 heavy (non-hydrogen) atoms. The molecule has 1 heterocycles. The molecule has 138 valence electrons. The first-order chi connectivity index (χ1) is 12.1. The standard InChI is InChI=1S/C19H28N2O3S/c1-15-3-5-16(6-4-15)14-25-12-9-20-18(22)13-21-10-7-17(8-11-21)19(23)24-2/h3-6,17H,7-14H2,1-2H3,(H,20,22). The van der Waals surface area contributed by atoms with Gasteiger partial charge in [0.15, 0.2) is 0 Å². The first-order valence-electron chi connectivity index (χ1n) is 8.78. The van der Waals surface area contributed by atoms with E-state index in [1.807, 2.05) is 11.8 Å². The van der Waals surface area contributed by atoms with Gasteiger partial charge in [-0.05, 0) is 38.4 Å². The summed E-state index contributed by atoms with van der Waals surface area (Å²) in [6.45, 7) is 4.74. The Labute approximate surface area is 154 Å². The molecule has 0 aromatic heterocycles. The molecule has 0 aliphatic carbocycles. The van der Waals surface area contributed by atoms with E-state index in [9.17, 15) is 9.59 Å². The summed E-state index contributed by atoms with van der Waals surface area (Å²) in [7, 11) is 1.43. The highest BCUT2D eigenvalue weighted by Crippen LogP contribution is 2.18. The maximum absolute atomic E-state index is 12.0. The van der Waals surface area contributed by atoms with Gasteiger partial charge in [-0.3, -0.25) is 14.5 Å². The van der Waals surface area contributed by atoms with Crippen molar-refractivity contribution in [1.29, 1.82) is 0 Å². The van der Waals surface area contributed by atoms with Crippen molar-refractivity contribution in [3.63, 3.8) is 0 Å². The number of esters is 1. The molecule has 1 aromatic carbocycles. The maximum atomic E-state index is 12.0. The molecule has 0 spiro atoms. The van der Waals surface area contributed by atoms with Crippen LogP contribution in [0.15, 0.2) is 24.3 Å². The molecule has 0 bridgehead atoms. The summed E-state index contributed by atoms with van der Waals surface area (Å²) in [4.78, 5) is 25.6. The second-order valence-electron chi connectivity index (χ2n) is 6.46. The number of likely N-dealkylation sites (tertiary alicyclic amines) is 1. The molecule has 6 heteroatoms. The van der Waals surface area contributed by atoms with Gasteiger partial charge in [0.05, 0.1) is 19.6 Å². The summed E-state index contributed by atoms with van der Waals surface area (Å²) < 4.78 is 4.78. The fourth-order valence-electron chi connectivity index (χ4n) is 2.89. The van der Waals surface area contributed by atoms with Gasteiger partial charge in [-0.25, -0.2) is 0 Å². The minimum atomic E-state index is -0.130. The predicted octanol–water partition coefficient (Wildman–Crippen LogP) is 2.23. The van der Waals surface area contributed by atoms with Crippen molar-refractivity contribution in [3.05, 3.63) is 35.4 Å². The number of rotatable bonds is 8. The number of amides is 1. The van der Waals surface area contributed by atoms with Gasteiger partial charge in [-0.15, -0.1) is 0 Å². The summed E-state index contributed by atoms with van der Waals surface area (Å²) in [5.41, 5.74) is 2.59. The van der Waals surface area contributed by atoms with Crippen molar-refractivity contribution in [1.82, 2.24) is 10.2 Å². The zero-order chi connectivity index (χ0) is 18.1. The number of methoxy groups -OCH3 is 1. The van der Waals surface area contributed by atoms with Crippen LogP contribution in [-0.2, 0) is 20.1 Å². The molecule has 1 amide bonds. The summed E-state index contributed by atoms with van der Waals surface area (Å²) in [6, 6.07) is 8.56. The quantitative estimate of drug-likeness (QED) is 0.566. The van der Waals surface area contributed by atoms with E-state index in [2.05, 4.69) is 41.4 Å². The highest BCUT2D eigenvalue weighted by atomic mass is 32.2. The van der Waals surface area contributed by atoms with Crippen LogP contribution in [0, 0.1) is 12.8 Å². The van der Waals surface area contributed by atoms with E-state index in [0.29, 0.717) is 13.1 Å². The SMILES string of the molecule is COC(=O)C1CCN(CC(=O)NCCSCc2ccc(C)cc2)CC1. The van der Waals surface area contributed by atoms with Crippen molar-refractivity contribution >= 4 is 23.6 Å². The Balaban J connectivity index is 1.54. The lowest BCUT2D eigenvalue weighted by Crippen LogP contribution is -2.43. The second-order valence-corrected chi connectivity index (χ2v) is 7.57. The smallest absolute Gasteiger partial charge is 0.308 e. The number of hydrogen-bond acceptors (Lipinski definition) is 5. The number of piperidine rings is 1. The summed E-state index contributed by atoms with van der Waals surface area (Å²) in [6.07, 6.45) is 1.54. The molecular weight excluding hydrogens is 336 g/mol. The number of nitrogens with zero attached hydrogens (tertiary/aromatic N) is 1. The van der Waals surface area contributed by atoms with Gasteiger partial charge in [-0.1, -0.05) is 29.8 Å². The van der Waals surface area contributed by atoms with Crippen molar-refractivity contribution in [2.75, 3.05) is 39.0 Å². The second kappa shape index (κ2) is 10.5. The van der Waals surface area contributed by atoms with E-state index in [0.717, 1.165) is 37.4 Å². The zero-order valence-corrected chi connectivity index (χ0v) is 15.9. The average Bonchev–Trinajstić information content (AvgIpc) is 2.63. The normalized spacial score (nSPS) is 15.8. The third-order valence-corrected chi connectivity index (χ3v) is 5.48. The molecule has 2 rings (SSSR count). The van der Waals surface area contributed by atoms with Crippen molar-refractivity contribution in [2.24, 2.45) is 5.92 Å². The molecule has 1 aromatic rings. The van der Waals surface area contributed by atoms with Crippen LogP contribution in [0.5, 0.6) is 0 Å². The van der Waals surface area contributed by atoms with Crippen LogP contribution in [0.1, 0.15) is 24.0 Å². The lowest BCUT2D eigenvalue weighted by Gasteiger charge is -2.29. The average molecular weight is 365 g/mol. The summed E-state index contributed by atoms with van der Waals surface area (Å²) in [5, 5.41) is 2.98. The van der Waals surface area contributed by atoms with Gasteiger partial charge in [0.1, 0.15) is 0 Å². The van der Waals surface area contributed by atoms with E-state index in [4.69, 9.17) is 4.74 Å². The topological polar surface area (TPSA) is 58.6 Å². The van der Waals surface area contributed by atoms with Crippen molar-refractivity contribution in [3.8, 4) is 0 Å². The van der Waals surface area contributed by atoms with E-state index in [1.54, 1.807) is 0 Å². The minimum Gasteiger partial charge on any atom is -0.469 e. The number of carbonyl (C=O) groups excluding carboxylic acids is 2. The molecule has 1 aliphatic rings.